The average Bonchev–Trinajstić information content (AvgIpc) is 3.18. The summed E-state index contributed by atoms with van der Waals surface area (Å²) >= 11 is 12.4. The molecule has 0 amide bonds. The van der Waals surface area contributed by atoms with Gasteiger partial charge in [-0.1, -0.05) is 96.0 Å². The van der Waals surface area contributed by atoms with Crippen molar-refractivity contribution in [2.45, 2.75) is 19.6 Å². The van der Waals surface area contributed by atoms with E-state index in [2.05, 4.69) is 94.9 Å². The highest BCUT2D eigenvalue weighted by molar-refractivity contribution is 6.35. The van der Waals surface area contributed by atoms with Gasteiger partial charge in [0.15, 0.2) is 0 Å². The fourth-order valence-corrected chi connectivity index (χ4v) is 4.71. The number of benzene rings is 4. The monoisotopic (exact) mass is 506 g/mol. The molecule has 0 bridgehead atoms. The van der Waals surface area contributed by atoms with E-state index in [0.717, 1.165) is 18.7 Å². The molecule has 0 atom stereocenters. The molecule has 0 saturated carbocycles. The van der Waals surface area contributed by atoms with Crippen LogP contribution in [0.2, 0.25) is 10.0 Å². The molecule has 4 aromatic carbocycles. The van der Waals surface area contributed by atoms with E-state index in [-0.39, 0.29) is 12.4 Å². The van der Waals surface area contributed by atoms with Crippen LogP contribution in [-0.2, 0) is 19.6 Å². The maximum atomic E-state index is 6.36. The number of nitrogens with one attached hydrogen (secondary N) is 1. The van der Waals surface area contributed by atoms with E-state index in [1.807, 2.05) is 12.1 Å². The first-order valence-corrected chi connectivity index (χ1v) is 11.8. The van der Waals surface area contributed by atoms with Gasteiger partial charge in [-0.25, -0.2) is 0 Å². The van der Waals surface area contributed by atoms with Crippen LogP contribution in [0.25, 0.3) is 22.0 Å². The first-order valence-electron chi connectivity index (χ1n) is 11.0. The molecular weight excluding hydrogens is 483 g/mol. The lowest BCUT2D eigenvalue weighted by Gasteiger charge is -2.08. The molecule has 5 aromatic rings. The van der Waals surface area contributed by atoms with E-state index < -0.39 is 0 Å². The molecule has 0 unspecified atom stereocenters. The molecule has 172 valence electrons. The van der Waals surface area contributed by atoms with E-state index in [1.165, 1.54) is 33.2 Å². The van der Waals surface area contributed by atoms with Gasteiger partial charge in [-0.2, -0.15) is 0 Å². The second kappa shape index (κ2) is 11.1. The molecule has 0 fully saturated rings. The van der Waals surface area contributed by atoms with Crippen LogP contribution >= 0.6 is 35.6 Å². The van der Waals surface area contributed by atoms with Gasteiger partial charge in [-0.15, -0.1) is 12.4 Å². The van der Waals surface area contributed by atoms with Crippen molar-refractivity contribution >= 4 is 46.5 Å². The van der Waals surface area contributed by atoms with E-state index in [9.17, 15) is 0 Å². The van der Waals surface area contributed by atoms with Crippen molar-refractivity contribution in [3.05, 3.63) is 130 Å². The Hall–Kier alpha value is -2.75. The minimum Gasteiger partial charge on any atom is -0.343 e. The molecule has 0 radical (unpaired) electrons. The Balaban J connectivity index is 0.00000274. The molecule has 2 nitrogen and oxygen atoms in total. The topological polar surface area (TPSA) is 17.0 Å². The highest BCUT2D eigenvalue weighted by atomic mass is 35.5. The third-order valence-electron chi connectivity index (χ3n) is 5.91. The van der Waals surface area contributed by atoms with Crippen LogP contribution in [0.5, 0.6) is 0 Å². The summed E-state index contributed by atoms with van der Waals surface area (Å²) in [5, 5.41) is 6.17. The van der Waals surface area contributed by atoms with E-state index in [0.29, 0.717) is 16.6 Å². The highest BCUT2D eigenvalue weighted by Gasteiger charge is 2.11. The van der Waals surface area contributed by atoms with Gasteiger partial charge >= 0.3 is 0 Å². The molecule has 5 heteroatoms. The quantitative estimate of drug-likeness (QED) is 0.234. The summed E-state index contributed by atoms with van der Waals surface area (Å²) in [6.07, 6.45) is 2.27. The number of aromatic nitrogens is 1. The van der Waals surface area contributed by atoms with Gasteiger partial charge in [0.25, 0.3) is 0 Å². The van der Waals surface area contributed by atoms with Crippen molar-refractivity contribution in [1.29, 1.82) is 0 Å². The van der Waals surface area contributed by atoms with Gasteiger partial charge < -0.3 is 9.88 Å². The average molecular weight is 508 g/mol. The maximum Gasteiger partial charge on any atom is 0.0487 e. The maximum absolute atomic E-state index is 6.36. The zero-order valence-corrected chi connectivity index (χ0v) is 20.9. The second-order valence-electron chi connectivity index (χ2n) is 8.21. The van der Waals surface area contributed by atoms with Crippen molar-refractivity contribution in [3.8, 4) is 11.1 Å². The van der Waals surface area contributed by atoms with Crippen LogP contribution in [0.15, 0.2) is 103 Å². The van der Waals surface area contributed by atoms with Crippen LogP contribution in [0.3, 0.4) is 0 Å². The number of hydrogen-bond donors (Lipinski definition) is 1. The highest BCUT2D eigenvalue weighted by Crippen LogP contribution is 2.29. The Morgan fingerprint density at radius 3 is 2.12 bits per heavy atom. The lowest BCUT2D eigenvalue weighted by molar-refractivity contribution is 0.692. The SMILES string of the molecule is Cl.Clc1ccc(CNCc2cn(Cc3ccccc3)c3ccc(-c4ccccc4)cc23)c(Cl)c1. The summed E-state index contributed by atoms with van der Waals surface area (Å²) in [5.41, 5.74) is 7.28. The van der Waals surface area contributed by atoms with Crippen LogP contribution in [0, 0.1) is 0 Å². The smallest absolute Gasteiger partial charge is 0.0487 e. The molecule has 0 saturated heterocycles. The molecular formula is C29H25Cl3N2. The summed E-state index contributed by atoms with van der Waals surface area (Å²) in [4.78, 5) is 0. The summed E-state index contributed by atoms with van der Waals surface area (Å²) in [6, 6.07) is 33.5. The predicted octanol–water partition coefficient (Wildman–Crippen LogP) is 8.38. The third kappa shape index (κ3) is 5.48. The van der Waals surface area contributed by atoms with E-state index in [4.69, 9.17) is 23.2 Å². The minimum atomic E-state index is 0. The van der Waals surface area contributed by atoms with Gasteiger partial charge in [0.05, 0.1) is 0 Å². The molecule has 1 aromatic heterocycles. The standard InChI is InChI=1S/C29H24Cl2N2.ClH/c30-26-13-11-24(28(31)16-26)17-32-18-25-20-33(19-21-7-3-1-4-8-21)29-14-12-23(15-27(25)29)22-9-5-2-6-10-22;/h1-16,20,32H,17-19H2;1H. The Morgan fingerprint density at radius 2 is 1.38 bits per heavy atom. The number of fused-ring (bicyclic) bond motifs is 1. The number of halogens is 3. The Kier molecular flexibility index (Phi) is 7.97. The molecule has 1 N–H and O–H groups in total. The lowest BCUT2D eigenvalue weighted by atomic mass is 10.0. The van der Waals surface area contributed by atoms with E-state index >= 15 is 0 Å². The number of rotatable bonds is 7. The van der Waals surface area contributed by atoms with Crippen LogP contribution < -0.4 is 5.32 Å². The van der Waals surface area contributed by atoms with Crippen LogP contribution in [0.1, 0.15) is 16.7 Å². The first-order chi connectivity index (χ1) is 16.2. The van der Waals surface area contributed by atoms with Crippen molar-refractivity contribution in [1.82, 2.24) is 9.88 Å². The largest absolute Gasteiger partial charge is 0.343 e. The van der Waals surface area contributed by atoms with Crippen LogP contribution in [0.4, 0.5) is 0 Å². The van der Waals surface area contributed by atoms with Gasteiger partial charge in [0.1, 0.15) is 0 Å². The van der Waals surface area contributed by atoms with Crippen molar-refractivity contribution < 1.29 is 0 Å². The molecule has 34 heavy (non-hydrogen) atoms. The molecule has 0 aliphatic heterocycles. The summed E-state index contributed by atoms with van der Waals surface area (Å²) in [7, 11) is 0. The lowest BCUT2D eigenvalue weighted by Crippen LogP contribution is -2.12. The molecule has 5 rings (SSSR count). The molecule has 0 aliphatic carbocycles. The second-order valence-corrected chi connectivity index (χ2v) is 9.05. The molecule has 0 aliphatic rings. The molecule has 0 spiro atoms. The van der Waals surface area contributed by atoms with E-state index in [1.54, 1.807) is 6.07 Å². The Labute approximate surface area is 216 Å². The summed E-state index contributed by atoms with van der Waals surface area (Å²) in [5.74, 6) is 0. The molecule has 1 heterocycles. The third-order valence-corrected chi connectivity index (χ3v) is 6.50. The van der Waals surface area contributed by atoms with Gasteiger partial charge in [-0.3, -0.25) is 0 Å². The van der Waals surface area contributed by atoms with Crippen molar-refractivity contribution in [2.24, 2.45) is 0 Å². The fraction of sp³-hybridized carbons (Fsp3) is 0.103. The summed E-state index contributed by atoms with van der Waals surface area (Å²) in [6.45, 7) is 2.26. The Bertz CT molecular complexity index is 1380. The minimum absolute atomic E-state index is 0. The zero-order chi connectivity index (χ0) is 22.6. The van der Waals surface area contributed by atoms with Crippen molar-refractivity contribution in [2.75, 3.05) is 0 Å². The number of hydrogen-bond acceptors (Lipinski definition) is 1. The van der Waals surface area contributed by atoms with Gasteiger partial charge in [-0.05, 0) is 52.1 Å². The zero-order valence-electron chi connectivity index (χ0n) is 18.5. The first kappa shape index (κ1) is 24.4. The summed E-state index contributed by atoms with van der Waals surface area (Å²) < 4.78 is 2.34. The Morgan fingerprint density at radius 1 is 0.676 bits per heavy atom. The normalized spacial score (nSPS) is 10.9. The van der Waals surface area contributed by atoms with Gasteiger partial charge in [0.2, 0.25) is 0 Å². The predicted molar refractivity (Wildman–Crippen MR) is 147 cm³/mol. The van der Waals surface area contributed by atoms with Crippen LogP contribution in [-0.4, -0.2) is 4.57 Å². The number of nitrogens with zero attached hydrogens (tertiary/aromatic N) is 1. The van der Waals surface area contributed by atoms with Crippen molar-refractivity contribution in [3.63, 3.8) is 0 Å². The van der Waals surface area contributed by atoms with Gasteiger partial charge in [0, 0.05) is 46.8 Å². The fourth-order valence-electron chi connectivity index (χ4n) is 4.23.